The molecular formula is C15H22N3O2+. The van der Waals surface area contributed by atoms with Gasteiger partial charge in [-0.2, -0.15) is 0 Å². The van der Waals surface area contributed by atoms with Crippen LogP contribution in [0.25, 0.3) is 0 Å². The summed E-state index contributed by atoms with van der Waals surface area (Å²) < 4.78 is 0. The minimum absolute atomic E-state index is 0.0122. The fourth-order valence-electron chi connectivity index (χ4n) is 2.35. The van der Waals surface area contributed by atoms with Crippen molar-refractivity contribution < 1.29 is 14.5 Å². The lowest BCUT2D eigenvalue weighted by molar-refractivity contribution is -0.907. The van der Waals surface area contributed by atoms with Crippen LogP contribution in [0.15, 0.2) is 24.3 Å². The number of hydrogen-bond donors (Lipinski definition) is 3. The van der Waals surface area contributed by atoms with Gasteiger partial charge in [0.25, 0.3) is 11.8 Å². The van der Waals surface area contributed by atoms with Crippen LogP contribution in [0.5, 0.6) is 0 Å². The smallest absolute Gasteiger partial charge is 0.282 e. The van der Waals surface area contributed by atoms with Gasteiger partial charge in [-0.3, -0.25) is 9.59 Å². The van der Waals surface area contributed by atoms with Gasteiger partial charge in [-0.1, -0.05) is 19.1 Å². The molecule has 108 valence electrons. The molecule has 1 aliphatic rings. The number of carbonyl (C=O) groups excluding carboxylic acids is 2. The number of carbonyl (C=O) groups is 2. The Morgan fingerprint density at radius 2 is 2.10 bits per heavy atom. The predicted octanol–water partition coefficient (Wildman–Crippen LogP) is -0.409. The van der Waals surface area contributed by atoms with E-state index in [4.69, 9.17) is 0 Å². The summed E-state index contributed by atoms with van der Waals surface area (Å²) in [6.45, 7) is 5.75. The molecule has 20 heavy (non-hydrogen) atoms. The van der Waals surface area contributed by atoms with Crippen LogP contribution in [0.4, 0.5) is 5.69 Å². The number of nitrogens with one attached hydrogen (secondary N) is 3. The lowest BCUT2D eigenvalue weighted by Gasteiger charge is -2.28. The highest BCUT2D eigenvalue weighted by Gasteiger charge is 2.29. The van der Waals surface area contributed by atoms with Gasteiger partial charge < -0.3 is 15.5 Å². The third-order valence-electron chi connectivity index (χ3n) is 3.79. The molecule has 1 saturated heterocycles. The van der Waals surface area contributed by atoms with Crippen LogP contribution in [-0.2, 0) is 16.0 Å². The van der Waals surface area contributed by atoms with Crippen LogP contribution < -0.4 is 15.5 Å². The van der Waals surface area contributed by atoms with Crippen LogP contribution in [0, 0.1) is 0 Å². The van der Waals surface area contributed by atoms with Crippen LogP contribution in [-0.4, -0.2) is 37.5 Å². The van der Waals surface area contributed by atoms with Crippen molar-refractivity contribution in [2.75, 3.05) is 25.0 Å². The molecular weight excluding hydrogens is 254 g/mol. The van der Waals surface area contributed by atoms with E-state index in [9.17, 15) is 9.59 Å². The Labute approximate surface area is 119 Å². The Morgan fingerprint density at radius 3 is 2.70 bits per heavy atom. The van der Waals surface area contributed by atoms with E-state index in [2.05, 4.69) is 17.6 Å². The molecule has 1 unspecified atom stereocenters. The van der Waals surface area contributed by atoms with Crippen LogP contribution in [0.2, 0.25) is 0 Å². The van der Waals surface area contributed by atoms with E-state index >= 15 is 0 Å². The number of quaternary nitrogens is 1. The molecule has 1 aromatic carbocycles. The van der Waals surface area contributed by atoms with Gasteiger partial charge in [-0.15, -0.1) is 0 Å². The lowest BCUT2D eigenvalue weighted by atomic mass is 10.1. The molecule has 0 spiro atoms. The van der Waals surface area contributed by atoms with Crippen molar-refractivity contribution >= 4 is 17.5 Å². The van der Waals surface area contributed by atoms with Crippen molar-refractivity contribution in [3.05, 3.63) is 29.8 Å². The van der Waals surface area contributed by atoms with Crippen molar-refractivity contribution in [2.45, 2.75) is 26.3 Å². The summed E-state index contributed by atoms with van der Waals surface area (Å²) in [7, 11) is 0. The number of piperazine rings is 1. The van der Waals surface area contributed by atoms with E-state index in [0.29, 0.717) is 13.1 Å². The summed E-state index contributed by atoms with van der Waals surface area (Å²) in [5, 5.41) is 5.69. The first-order chi connectivity index (χ1) is 9.60. The van der Waals surface area contributed by atoms with Crippen molar-refractivity contribution in [1.82, 2.24) is 5.32 Å². The van der Waals surface area contributed by atoms with E-state index in [-0.39, 0.29) is 17.9 Å². The minimum atomic E-state index is -0.230. The van der Waals surface area contributed by atoms with Crippen LogP contribution >= 0.6 is 0 Å². The molecule has 1 aromatic rings. The molecule has 0 saturated carbocycles. The van der Waals surface area contributed by atoms with Crippen molar-refractivity contribution in [3.8, 4) is 0 Å². The van der Waals surface area contributed by atoms with E-state index in [1.54, 1.807) is 0 Å². The van der Waals surface area contributed by atoms with E-state index in [1.807, 2.05) is 31.2 Å². The molecule has 3 N–H and O–H groups in total. The van der Waals surface area contributed by atoms with Crippen LogP contribution in [0.1, 0.15) is 19.4 Å². The SMILES string of the molecule is CCc1ccc(NC(=O)[C@H](C)[NH+]2CCNC(=O)C2)cc1. The Kier molecular flexibility index (Phi) is 4.74. The predicted molar refractivity (Wildman–Crippen MR) is 77.6 cm³/mol. The standard InChI is InChI=1S/C15H21N3O2/c1-3-12-4-6-13(7-5-12)17-15(20)11(2)18-9-8-16-14(19)10-18/h4-7,11H,3,8-10H2,1-2H3,(H,16,19)(H,17,20)/p+1/t11-/m0/s1. The number of amides is 2. The van der Waals surface area contributed by atoms with E-state index in [0.717, 1.165) is 23.6 Å². The third kappa shape index (κ3) is 3.57. The number of benzene rings is 1. The molecule has 1 aliphatic heterocycles. The van der Waals surface area contributed by atoms with Gasteiger partial charge in [-0.25, -0.2) is 0 Å². The molecule has 0 radical (unpaired) electrons. The Morgan fingerprint density at radius 1 is 1.40 bits per heavy atom. The number of hydrogen-bond acceptors (Lipinski definition) is 2. The molecule has 0 aromatic heterocycles. The maximum absolute atomic E-state index is 12.2. The number of anilines is 1. The zero-order valence-electron chi connectivity index (χ0n) is 12.0. The molecule has 5 nitrogen and oxygen atoms in total. The summed E-state index contributed by atoms with van der Waals surface area (Å²) in [5.41, 5.74) is 2.05. The number of aryl methyl sites for hydroxylation is 1. The van der Waals surface area contributed by atoms with Crippen LogP contribution in [0.3, 0.4) is 0 Å². The Hall–Kier alpha value is -1.88. The maximum Gasteiger partial charge on any atom is 0.282 e. The molecule has 2 atom stereocenters. The molecule has 2 rings (SSSR count). The van der Waals surface area contributed by atoms with Crippen molar-refractivity contribution in [3.63, 3.8) is 0 Å². The van der Waals surface area contributed by atoms with Gasteiger partial charge in [0.15, 0.2) is 12.6 Å². The normalized spacial score (nSPS) is 20.1. The Balaban J connectivity index is 1.94. The average molecular weight is 276 g/mol. The monoisotopic (exact) mass is 276 g/mol. The summed E-state index contributed by atoms with van der Waals surface area (Å²) in [4.78, 5) is 24.6. The largest absolute Gasteiger partial charge is 0.346 e. The van der Waals surface area contributed by atoms with Gasteiger partial charge in [0, 0.05) is 5.69 Å². The molecule has 0 bridgehead atoms. The highest BCUT2D eigenvalue weighted by molar-refractivity contribution is 5.93. The van der Waals surface area contributed by atoms with Gasteiger partial charge in [0.1, 0.15) is 0 Å². The van der Waals surface area contributed by atoms with E-state index < -0.39 is 0 Å². The Bertz CT molecular complexity index is 484. The summed E-state index contributed by atoms with van der Waals surface area (Å²) in [6, 6.07) is 7.64. The quantitative estimate of drug-likeness (QED) is 0.700. The topological polar surface area (TPSA) is 62.6 Å². The summed E-state index contributed by atoms with van der Waals surface area (Å²) in [5.74, 6) is -0.0304. The van der Waals surface area contributed by atoms with Gasteiger partial charge in [0.05, 0.1) is 13.1 Å². The van der Waals surface area contributed by atoms with Crippen molar-refractivity contribution in [2.24, 2.45) is 0 Å². The fraction of sp³-hybridized carbons (Fsp3) is 0.467. The minimum Gasteiger partial charge on any atom is -0.346 e. The van der Waals surface area contributed by atoms with Crippen molar-refractivity contribution in [1.29, 1.82) is 0 Å². The highest BCUT2D eigenvalue weighted by atomic mass is 16.2. The second-order valence-corrected chi connectivity index (χ2v) is 5.20. The lowest BCUT2D eigenvalue weighted by Crippen LogP contribution is -3.19. The zero-order chi connectivity index (χ0) is 14.5. The van der Waals surface area contributed by atoms with E-state index in [1.165, 1.54) is 5.56 Å². The first-order valence-electron chi connectivity index (χ1n) is 7.11. The zero-order valence-corrected chi connectivity index (χ0v) is 12.0. The second-order valence-electron chi connectivity index (χ2n) is 5.20. The highest BCUT2D eigenvalue weighted by Crippen LogP contribution is 2.09. The summed E-state index contributed by atoms with van der Waals surface area (Å²) >= 11 is 0. The first-order valence-corrected chi connectivity index (χ1v) is 7.11. The number of rotatable bonds is 4. The molecule has 1 fully saturated rings. The fourth-order valence-corrected chi connectivity index (χ4v) is 2.35. The molecule has 1 heterocycles. The average Bonchev–Trinajstić information content (AvgIpc) is 2.47. The molecule has 0 aliphatic carbocycles. The molecule has 5 heteroatoms. The van der Waals surface area contributed by atoms with Gasteiger partial charge >= 0.3 is 0 Å². The molecule has 2 amide bonds. The van der Waals surface area contributed by atoms with Gasteiger partial charge in [0.2, 0.25) is 0 Å². The maximum atomic E-state index is 12.2. The first kappa shape index (κ1) is 14.5. The second kappa shape index (κ2) is 6.52. The summed E-state index contributed by atoms with van der Waals surface area (Å²) in [6.07, 6.45) is 0.984. The third-order valence-corrected chi connectivity index (χ3v) is 3.79. The van der Waals surface area contributed by atoms with Gasteiger partial charge in [-0.05, 0) is 31.0 Å².